The number of aliphatic carboxylic acids is 1. The summed E-state index contributed by atoms with van der Waals surface area (Å²) in [5, 5.41) is 11.7. The third-order valence-electron chi connectivity index (χ3n) is 3.76. The van der Waals surface area contributed by atoms with Gasteiger partial charge in [0.1, 0.15) is 0 Å². The Labute approximate surface area is 124 Å². The van der Waals surface area contributed by atoms with Crippen LogP contribution in [-0.4, -0.2) is 11.1 Å². The number of carboxylic acids is 1. The summed E-state index contributed by atoms with van der Waals surface area (Å²) in [4.78, 5) is 12.9. The normalized spacial score (nSPS) is 16.3. The maximum atomic E-state index is 11.8. The topological polar surface area (TPSA) is 37.3 Å². The molecule has 0 saturated carbocycles. The van der Waals surface area contributed by atoms with Crippen molar-refractivity contribution in [3.05, 3.63) is 56.2 Å². The first-order chi connectivity index (χ1) is 9.09. The Balaban J connectivity index is 1.93. The molecule has 0 saturated heterocycles. The Hall–Kier alpha value is -1.13. The molecule has 2 aromatic rings. The molecule has 0 fully saturated rings. The fraction of sp³-hybridized carbons (Fsp3) is 0.267. The number of halogens is 1. The minimum absolute atomic E-state index is 0.604. The second kappa shape index (κ2) is 4.76. The van der Waals surface area contributed by atoms with Crippen LogP contribution in [0.5, 0.6) is 0 Å². The summed E-state index contributed by atoms with van der Waals surface area (Å²) in [5.74, 6) is -0.687. The zero-order valence-corrected chi connectivity index (χ0v) is 12.6. The third kappa shape index (κ3) is 2.35. The van der Waals surface area contributed by atoms with Crippen LogP contribution in [0.3, 0.4) is 0 Å². The van der Waals surface area contributed by atoms with E-state index in [1.165, 1.54) is 11.1 Å². The van der Waals surface area contributed by atoms with E-state index in [0.717, 1.165) is 9.35 Å². The van der Waals surface area contributed by atoms with E-state index in [2.05, 4.69) is 15.9 Å². The SMILES string of the molecule is O=C(O)C1(Cc2cc(Br)cs2)Cc2ccccc2C1. The number of fused-ring (bicyclic) bond motifs is 1. The van der Waals surface area contributed by atoms with Crippen molar-refractivity contribution in [2.75, 3.05) is 0 Å². The van der Waals surface area contributed by atoms with Crippen molar-refractivity contribution in [2.45, 2.75) is 19.3 Å². The molecule has 1 aliphatic rings. The lowest BCUT2D eigenvalue weighted by molar-refractivity contribution is -0.148. The van der Waals surface area contributed by atoms with Crippen LogP contribution in [0, 0.1) is 5.41 Å². The Morgan fingerprint density at radius 3 is 2.42 bits per heavy atom. The summed E-state index contributed by atoms with van der Waals surface area (Å²) >= 11 is 5.05. The van der Waals surface area contributed by atoms with Crippen LogP contribution < -0.4 is 0 Å². The lowest BCUT2D eigenvalue weighted by atomic mass is 9.81. The van der Waals surface area contributed by atoms with Crippen LogP contribution in [-0.2, 0) is 24.1 Å². The first-order valence-electron chi connectivity index (χ1n) is 6.12. The van der Waals surface area contributed by atoms with Crippen LogP contribution in [0.2, 0.25) is 0 Å². The first kappa shape index (κ1) is 12.9. The zero-order valence-electron chi connectivity index (χ0n) is 10.2. The molecule has 4 heteroatoms. The first-order valence-corrected chi connectivity index (χ1v) is 7.79. The van der Waals surface area contributed by atoms with Crippen LogP contribution >= 0.6 is 27.3 Å². The molecule has 19 heavy (non-hydrogen) atoms. The molecular weight excluding hydrogens is 324 g/mol. The molecule has 1 N–H and O–H groups in total. The molecular formula is C15H13BrO2S. The number of hydrogen-bond acceptors (Lipinski definition) is 2. The predicted octanol–water partition coefficient (Wildman–Crippen LogP) is 3.92. The van der Waals surface area contributed by atoms with E-state index in [4.69, 9.17) is 0 Å². The second-order valence-electron chi connectivity index (χ2n) is 5.12. The van der Waals surface area contributed by atoms with Gasteiger partial charge in [-0.2, -0.15) is 0 Å². The van der Waals surface area contributed by atoms with E-state index in [0.29, 0.717) is 19.3 Å². The second-order valence-corrected chi connectivity index (χ2v) is 7.03. The van der Waals surface area contributed by atoms with Crippen molar-refractivity contribution in [2.24, 2.45) is 5.41 Å². The van der Waals surface area contributed by atoms with Crippen LogP contribution in [0.4, 0.5) is 0 Å². The van der Waals surface area contributed by atoms with Gasteiger partial charge in [0, 0.05) is 14.7 Å². The molecule has 1 heterocycles. The average molecular weight is 337 g/mol. The molecule has 0 radical (unpaired) electrons. The number of benzene rings is 1. The Bertz CT molecular complexity index is 608. The molecule has 0 bridgehead atoms. The summed E-state index contributed by atoms with van der Waals surface area (Å²) in [7, 11) is 0. The minimum Gasteiger partial charge on any atom is -0.481 e. The lowest BCUT2D eigenvalue weighted by Gasteiger charge is -2.23. The molecule has 0 amide bonds. The standard InChI is InChI=1S/C15H13BrO2S/c16-12-5-13(19-9-12)8-15(14(17)18)6-10-3-1-2-4-11(10)7-15/h1-5,9H,6-8H2,(H,17,18). The highest BCUT2D eigenvalue weighted by atomic mass is 79.9. The number of hydrogen-bond donors (Lipinski definition) is 1. The van der Waals surface area contributed by atoms with Gasteiger partial charge in [-0.05, 0) is 52.4 Å². The van der Waals surface area contributed by atoms with E-state index in [-0.39, 0.29) is 0 Å². The largest absolute Gasteiger partial charge is 0.481 e. The van der Waals surface area contributed by atoms with Crippen molar-refractivity contribution < 1.29 is 9.90 Å². The third-order valence-corrected chi connectivity index (χ3v) is 5.46. The smallest absolute Gasteiger partial charge is 0.310 e. The molecule has 98 valence electrons. The summed E-state index contributed by atoms with van der Waals surface area (Å²) in [6.45, 7) is 0. The lowest BCUT2D eigenvalue weighted by Crippen LogP contribution is -2.34. The average Bonchev–Trinajstić information content (AvgIpc) is 2.93. The van der Waals surface area contributed by atoms with Gasteiger partial charge in [-0.1, -0.05) is 24.3 Å². The van der Waals surface area contributed by atoms with Gasteiger partial charge in [0.2, 0.25) is 0 Å². The highest BCUT2D eigenvalue weighted by Crippen LogP contribution is 2.41. The summed E-state index contributed by atoms with van der Waals surface area (Å²) < 4.78 is 1.03. The van der Waals surface area contributed by atoms with Crippen molar-refractivity contribution >= 4 is 33.2 Å². The van der Waals surface area contributed by atoms with Crippen molar-refractivity contribution in [1.29, 1.82) is 0 Å². The minimum atomic E-state index is -0.687. The van der Waals surface area contributed by atoms with Gasteiger partial charge in [-0.25, -0.2) is 0 Å². The summed E-state index contributed by atoms with van der Waals surface area (Å²) in [6, 6.07) is 10.1. The quantitative estimate of drug-likeness (QED) is 0.922. The van der Waals surface area contributed by atoms with E-state index in [9.17, 15) is 9.90 Å². The maximum absolute atomic E-state index is 11.8. The maximum Gasteiger partial charge on any atom is 0.310 e. The molecule has 1 aliphatic carbocycles. The van der Waals surface area contributed by atoms with Gasteiger partial charge in [0.25, 0.3) is 0 Å². The highest BCUT2D eigenvalue weighted by molar-refractivity contribution is 9.10. The molecule has 1 aromatic carbocycles. The fourth-order valence-corrected chi connectivity index (χ4v) is 4.42. The van der Waals surface area contributed by atoms with Gasteiger partial charge in [0.05, 0.1) is 5.41 Å². The van der Waals surface area contributed by atoms with Crippen molar-refractivity contribution in [1.82, 2.24) is 0 Å². The van der Waals surface area contributed by atoms with E-state index in [1.807, 2.05) is 35.7 Å². The highest BCUT2D eigenvalue weighted by Gasteiger charge is 2.44. The monoisotopic (exact) mass is 336 g/mol. The molecule has 0 spiro atoms. The van der Waals surface area contributed by atoms with Crippen molar-refractivity contribution in [3.8, 4) is 0 Å². The van der Waals surface area contributed by atoms with E-state index >= 15 is 0 Å². The van der Waals surface area contributed by atoms with Gasteiger partial charge >= 0.3 is 5.97 Å². The molecule has 3 rings (SSSR count). The molecule has 0 aliphatic heterocycles. The number of carboxylic acid groups (broad SMARTS) is 1. The number of thiophene rings is 1. The summed E-state index contributed by atoms with van der Waals surface area (Å²) in [6.07, 6.45) is 1.87. The Morgan fingerprint density at radius 1 is 1.32 bits per heavy atom. The van der Waals surface area contributed by atoms with Crippen LogP contribution in [0.1, 0.15) is 16.0 Å². The van der Waals surface area contributed by atoms with E-state index in [1.54, 1.807) is 11.3 Å². The van der Waals surface area contributed by atoms with Gasteiger partial charge in [0.15, 0.2) is 0 Å². The molecule has 2 nitrogen and oxygen atoms in total. The Morgan fingerprint density at radius 2 is 1.95 bits per heavy atom. The predicted molar refractivity (Wildman–Crippen MR) is 79.6 cm³/mol. The van der Waals surface area contributed by atoms with E-state index < -0.39 is 11.4 Å². The van der Waals surface area contributed by atoms with Gasteiger partial charge in [-0.3, -0.25) is 4.79 Å². The Kier molecular flexibility index (Phi) is 3.23. The summed E-state index contributed by atoms with van der Waals surface area (Å²) in [5.41, 5.74) is 1.69. The zero-order chi connectivity index (χ0) is 13.5. The van der Waals surface area contributed by atoms with Crippen LogP contribution in [0.15, 0.2) is 40.2 Å². The molecule has 1 aromatic heterocycles. The van der Waals surface area contributed by atoms with Crippen LogP contribution in [0.25, 0.3) is 0 Å². The molecule has 0 unspecified atom stereocenters. The number of rotatable bonds is 3. The number of carbonyl (C=O) groups is 1. The molecule has 0 atom stereocenters. The van der Waals surface area contributed by atoms with Gasteiger partial charge < -0.3 is 5.11 Å². The fourth-order valence-electron chi connectivity index (χ4n) is 2.83. The van der Waals surface area contributed by atoms with Crippen molar-refractivity contribution in [3.63, 3.8) is 0 Å². The van der Waals surface area contributed by atoms with Gasteiger partial charge in [-0.15, -0.1) is 11.3 Å².